The largest absolute Gasteiger partial charge is 0.385 e. The van der Waals surface area contributed by atoms with Gasteiger partial charge in [0.05, 0.1) is 0 Å². The highest BCUT2D eigenvalue weighted by Gasteiger charge is 2.14. The Labute approximate surface area is 131 Å². The summed E-state index contributed by atoms with van der Waals surface area (Å²) in [7, 11) is 0. The number of Topliss-reactive ketones (excluding diaryl/α,β-unsaturated/α-hetero) is 1. The Hall–Kier alpha value is -1.68. The Kier molecular flexibility index (Phi) is 4.06. The fourth-order valence-electron chi connectivity index (χ4n) is 2.59. The summed E-state index contributed by atoms with van der Waals surface area (Å²) in [4.78, 5) is 12.3. The average Bonchev–Trinajstić information content (AvgIpc) is 2.49. The molecule has 4 heteroatoms. The van der Waals surface area contributed by atoms with E-state index in [0.717, 1.165) is 25.1 Å². The van der Waals surface area contributed by atoms with Crippen LogP contribution in [0.2, 0.25) is 0 Å². The highest BCUT2D eigenvalue weighted by molar-refractivity contribution is 9.10. The van der Waals surface area contributed by atoms with Crippen molar-refractivity contribution in [1.82, 2.24) is 0 Å². The number of rotatable bonds is 3. The lowest BCUT2D eigenvalue weighted by atomic mass is 9.96. The normalized spacial score (nSPS) is 13.4. The molecule has 0 aromatic heterocycles. The lowest BCUT2D eigenvalue weighted by molar-refractivity contribution is 0.0991. The van der Waals surface area contributed by atoms with Gasteiger partial charge in [-0.25, -0.2) is 4.39 Å². The van der Waals surface area contributed by atoms with Crippen molar-refractivity contribution >= 4 is 27.4 Å². The molecule has 21 heavy (non-hydrogen) atoms. The molecule has 1 aliphatic rings. The van der Waals surface area contributed by atoms with E-state index in [2.05, 4.69) is 21.2 Å². The number of fused-ring (bicyclic) bond motifs is 1. The van der Waals surface area contributed by atoms with Crippen LogP contribution in [0, 0.1) is 5.82 Å². The van der Waals surface area contributed by atoms with Crippen molar-refractivity contribution in [2.24, 2.45) is 0 Å². The van der Waals surface area contributed by atoms with E-state index < -0.39 is 0 Å². The van der Waals surface area contributed by atoms with E-state index in [4.69, 9.17) is 0 Å². The summed E-state index contributed by atoms with van der Waals surface area (Å²) >= 11 is 3.22. The van der Waals surface area contributed by atoms with Crippen molar-refractivity contribution in [3.05, 3.63) is 63.4 Å². The third-order valence-electron chi connectivity index (χ3n) is 3.73. The summed E-state index contributed by atoms with van der Waals surface area (Å²) in [6, 6.07) is 10.5. The van der Waals surface area contributed by atoms with Crippen molar-refractivity contribution in [3.63, 3.8) is 0 Å². The summed E-state index contributed by atoms with van der Waals surface area (Å²) in [5.41, 5.74) is 3.36. The van der Waals surface area contributed by atoms with Crippen molar-refractivity contribution in [2.75, 3.05) is 11.9 Å². The number of halogens is 2. The van der Waals surface area contributed by atoms with Crippen molar-refractivity contribution < 1.29 is 9.18 Å². The van der Waals surface area contributed by atoms with Gasteiger partial charge in [-0.05, 0) is 54.3 Å². The molecular formula is C17H15BrFNO. The molecule has 0 saturated carbocycles. The van der Waals surface area contributed by atoms with Gasteiger partial charge in [0.25, 0.3) is 0 Å². The summed E-state index contributed by atoms with van der Waals surface area (Å²) in [6.45, 7) is 0.977. The smallest absolute Gasteiger partial charge is 0.167 e. The van der Waals surface area contributed by atoms with Crippen LogP contribution in [0.3, 0.4) is 0 Å². The second kappa shape index (κ2) is 5.98. The summed E-state index contributed by atoms with van der Waals surface area (Å²) in [5, 5.41) is 3.32. The maximum atomic E-state index is 13.8. The number of hydrogen-bond acceptors (Lipinski definition) is 2. The van der Waals surface area contributed by atoms with Crippen LogP contribution in [-0.2, 0) is 12.8 Å². The molecule has 0 aliphatic carbocycles. The molecule has 0 fully saturated rings. The van der Waals surface area contributed by atoms with Crippen LogP contribution < -0.4 is 5.32 Å². The molecule has 0 saturated heterocycles. The zero-order valence-electron chi connectivity index (χ0n) is 11.5. The number of benzene rings is 2. The number of nitrogens with one attached hydrogen (secondary N) is 1. The summed E-state index contributed by atoms with van der Waals surface area (Å²) < 4.78 is 14.5. The molecule has 2 aromatic carbocycles. The topological polar surface area (TPSA) is 29.1 Å². The molecule has 2 nitrogen and oxygen atoms in total. The molecule has 2 aromatic rings. The van der Waals surface area contributed by atoms with E-state index in [-0.39, 0.29) is 18.0 Å². The number of hydrogen-bond donors (Lipinski definition) is 1. The van der Waals surface area contributed by atoms with Gasteiger partial charge in [-0.2, -0.15) is 0 Å². The van der Waals surface area contributed by atoms with Gasteiger partial charge >= 0.3 is 0 Å². The molecule has 1 aliphatic heterocycles. The molecule has 0 atom stereocenters. The minimum atomic E-state index is -0.350. The van der Waals surface area contributed by atoms with Crippen LogP contribution in [-0.4, -0.2) is 12.3 Å². The molecule has 0 amide bonds. The van der Waals surface area contributed by atoms with Crippen molar-refractivity contribution in [3.8, 4) is 0 Å². The highest BCUT2D eigenvalue weighted by Crippen LogP contribution is 2.24. The molecule has 1 heterocycles. The van der Waals surface area contributed by atoms with Gasteiger partial charge in [0.1, 0.15) is 5.82 Å². The van der Waals surface area contributed by atoms with Gasteiger partial charge in [0.15, 0.2) is 5.78 Å². The summed E-state index contributed by atoms with van der Waals surface area (Å²) in [6.07, 6.45) is 2.15. The Morgan fingerprint density at radius 3 is 2.90 bits per heavy atom. The number of carbonyl (C=O) groups excluding carboxylic acids is 1. The van der Waals surface area contributed by atoms with Gasteiger partial charge < -0.3 is 5.32 Å². The first-order valence-electron chi connectivity index (χ1n) is 6.97. The summed E-state index contributed by atoms with van der Waals surface area (Å²) in [5.74, 6) is -0.401. The van der Waals surface area contributed by atoms with Crippen molar-refractivity contribution in [1.29, 1.82) is 0 Å². The first kappa shape index (κ1) is 14.3. The number of anilines is 1. The van der Waals surface area contributed by atoms with E-state index in [1.165, 1.54) is 11.6 Å². The fraction of sp³-hybridized carbons (Fsp3) is 0.235. The Balaban J connectivity index is 1.82. The minimum Gasteiger partial charge on any atom is -0.385 e. The van der Waals surface area contributed by atoms with Crippen molar-refractivity contribution in [2.45, 2.75) is 19.3 Å². The molecule has 0 unspecified atom stereocenters. The van der Waals surface area contributed by atoms with Crippen LogP contribution in [0.25, 0.3) is 0 Å². The van der Waals surface area contributed by atoms with Crippen LogP contribution in [0.5, 0.6) is 0 Å². The van der Waals surface area contributed by atoms with Gasteiger partial charge in [0, 0.05) is 28.7 Å². The van der Waals surface area contributed by atoms with Gasteiger partial charge in [-0.1, -0.05) is 22.0 Å². The molecule has 0 bridgehead atoms. The number of carbonyl (C=O) groups is 1. The van der Waals surface area contributed by atoms with E-state index in [1.807, 2.05) is 18.2 Å². The zero-order valence-corrected chi connectivity index (χ0v) is 13.0. The van der Waals surface area contributed by atoms with Crippen LogP contribution in [0.4, 0.5) is 10.1 Å². The standard InChI is InChI=1S/C17H15BrFNO/c18-14-5-3-11(15(19)10-14)9-17(21)13-4-6-16-12(8-13)2-1-7-20-16/h3-6,8,10,20H,1-2,7,9H2. The third-order valence-corrected chi connectivity index (χ3v) is 4.22. The second-order valence-corrected chi connectivity index (χ2v) is 6.15. The predicted molar refractivity (Wildman–Crippen MR) is 85.4 cm³/mol. The molecule has 3 rings (SSSR count). The Morgan fingerprint density at radius 1 is 1.24 bits per heavy atom. The monoisotopic (exact) mass is 347 g/mol. The van der Waals surface area contributed by atoms with Gasteiger partial charge in [-0.15, -0.1) is 0 Å². The molecule has 108 valence electrons. The quantitative estimate of drug-likeness (QED) is 0.835. The third kappa shape index (κ3) is 3.16. The van der Waals surface area contributed by atoms with Crippen LogP contribution >= 0.6 is 15.9 Å². The van der Waals surface area contributed by atoms with Crippen LogP contribution in [0.1, 0.15) is 27.9 Å². The van der Waals surface area contributed by atoms with E-state index >= 15 is 0 Å². The predicted octanol–water partition coefficient (Wildman–Crippen LogP) is 4.37. The van der Waals surface area contributed by atoms with Gasteiger partial charge in [-0.3, -0.25) is 4.79 Å². The van der Waals surface area contributed by atoms with E-state index in [9.17, 15) is 9.18 Å². The lowest BCUT2D eigenvalue weighted by Crippen LogP contribution is -2.13. The number of aryl methyl sites for hydroxylation is 1. The van der Waals surface area contributed by atoms with E-state index in [0.29, 0.717) is 15.6 Å². The zero-order chi connectivity index (χ0) is 14.8. The average molecular weight is 348 g/mol. The molecule has 0 spiro atoms. The molecule has 1 N–H and O–H groups in total. The maximum absolute atomic E-state index is 13.8. The number of ketones is 1. The minimum absolute atomic E-state index is 0.0513. The van der Waals surface area contributed by atoms with E-state index in [1.54, 1.807) is 12.1 Å². The molecular weight excluding hydrogens is 333 g/mol. The Bertz CT molecular complexity index is 699. The SMILES string of the molecule is O=C(Cc1ccc(Br)cc1F)c1ccc2c(c1)CCCN2. The second-order valence-electron chi connectivity index (χ2n) is 5.24. The first-order chi connectivity index (χ1) is 10.1. The molecule has 0 radical (unpaired) electrons. The highest BCUT2D eigenvalue weighted by atomic mass is 79.9. The Morgan fingerprint density at radius 2 is 2.10 bits per heavy atom. The lowest BCUT2D eigenvalue weighted by Gasteiger charge is -2.18. The van der Waals surface area contributed by atoms with Gasteiger partial charge in [0.2, 0.25) is 0 Å². The first-order valence-corrected chi connectivity index (χ1v) is 7.77. The maximum Gasteiger partial charge on any atom is 0.167 e. The van der Waals surface area contributed by atoms with Crippen LogP contribution in [0.15, 0.2) is 40.9 Å². The fourth-order valence-corrected chi connectivity index (χ4v) is 2.92.